The van der Waals surface area contributed by atoms with Crippen molar-refractivity contribution < 1.29 is 9.53 Å². The highest BCUT2D eigenvalue weighted by atomic mass is 16.5. The first-order valence-corrected chi connectivity index (χ1v) is 6.00. The summed E-state index contributed by atoms with van der Waals surface area (Å²) in [4.78, 5) is 18.0. The predicted molar refractivity (Wildman–Crippen MR) is 71.5 cm³/mol. The standard InChI is InChI=1S/C14H18N2O2/c1-5-11(4)18-14(17)12-8-9-13(15-10-12)16(6-2)7-3/h1,8-11H,6-7H2,2-4H3/t11-/m0/s1. The third kappa shape index (κ3) is 3.49. The third-order valence-corrected chi connectivity index (χ3v) is 2.59. The molecule has 0 aliphatic carbocycles. The van der Waals surface area contributed by atoms with Crippen molar-refractivity contribution in [1.82, 2.24) is 4.98 Å². The molecule has 0 radical (unpaired) electrons. The van der Waals surface area contributed by atoms with Crippen LogP contribution in [-0.2, 0) is 4.74 Å². The number of terminal acetylenes is 1. The topological polar surface area (TPSA) is 42.4 Å². The van der Waals surface area contributed by atoms with Crippen molar-refractivity contribution in [1.29, 1.82) is 0 Å². The van der Waals surface area contributed by atoms with E-state index in [4.69, 9.17) is 11.2 Å². The number of nitrogens with zero attached hydrogens (tertiary/aromatic N) is 2. The van der Waals surface area contributed by atoms with Gasteiger partial charge in [-0.05, 0) is 32.9 Å². The molecule has 1 aromatic heterocycles. The van der Waals surface area contributed by atoms with Gasteiger partial charge in [0.2, 0.25) is 0 Å². The molecule has 18 heavy (non-hydrogen) atoms. The Labute approximate surface area is 108 Å². The van der Waals surface area contributed by atoms with Crippen LogP contribution in [0.15, 0.2) is 18.3 Å². The number of rotatable bonds is 5. The quantitative estimate of drug-likeness (QED) is 0.589. The first kappa shape index (κ1) is 14.0. The van der Waals surface area contributed by atoms with E-state index in [-0.39, 0.29) is 0 Å². The van der Waals surface area contributed by atoms with Gasteiger partial charge in [0, 0.05) is 19.3 Å². The van der Waals surface area contributed by atoms with Gasteiger partial charge in [0.05, 0.1) is 5.56 Å². The van der Waals surface area contributed by atoms with E-state index in [1.165, 1.54) is 6.20 Å². The number of ether oxygens (including phenoxy) is 1. The lowest BCUT2D eigenvalue weighted by molar-refractivity contribution is 0.0438. The van der Waals surface area contributed by atoms with Crippen LogP contribution in [0.5, 0.6) is 0 Å². The number of hydrogen-bond donors (Lipinski definition) is 0. The largest absolute Gasteiger partial charge is 0.446 e. The third-order valence-electron chi connectivity index (χ3n) is 2.59. The van der Waals surface area contributed by atoms with Gasteiger partial charge >= 0.3 is 5.97 Å². The van der Waals surface area contributed by atoms with Gasteiger partial charge in [0.1, 0.15) is 5.82 Å². The number of esters is 1. The van der Waals surface area contributed by atoms with Crippen molar-refractivity contribution in [2.45, 2.75) is 26.9 Å². The average Bonchev–Trinajstić information content (AvgIpc) is 2.40. The van der Waals surface area contributed by atoms with Crippen LogP contribution < -0.4 is 4.90 Å². The molecular formula is C14H18N2O2. The number of carbonyl (C=O) groups is 1. The summed E-state index contributed by atoms with van der Waals surface area (Å²) < 4.78 is 5.01. The molecule has 1 heterocycles. The summed E-state index contributed by atoms with van der Waals surface area (Å²) in [7, 11) is 0. The van der Waals surface area contributed by atoms with E-state index >= 15 is 0 Å². The highest BCUT2D eigenvalue weighted by Gasteiger charge is 2.11. The fraction of sp³-hybridized carbons (Fsp3) is 0.429. The number of pyridine rings is 1. The van der Waals surface area contributed by atoms with Crippen molar-refractivity contribution >= 4 is 11.8 Å². The van der Waals surface area contributed by atoms with Crippen molar-refractivity contribution in [3.63, 3.8) is 0 Å². The molecule has 0 aliphatic rings. The Morgan fingerprint density at radius 3 is 2.61 bits per heavy atom. The zero-order valence-corrected chi connectivity index (χ0v) is 11.0. The van der Waals surface area contributed by atoms with Gasteiger partial charge in [-0.15, -0.1) is 6.42 Å². The van der Waals surface area contributed by atoms with E-state index in [2.05, 4.69) is 29.7 Å². The van der Waals surface area contributed by atoms with Crippen LogP contribution in [0.4, 0.5) is 5.82 Å². The highest BCUT2D eigenvalue weighted by Crippen LogP contribution is 2.11. The molecule has 96 valence electrons. The molecule has 0 aromatic carbocycles. The van der Waals surface area contributed by atoms with Crippen LogP contribution in [0, 0.1) is 12.3 Å². The van der Waals surface area contributed by atoms with Crippen LogP contribution in [0.2, 0.25) is 0 Å². The Hall–Kier alpha value is -2.02. The first-order chi connectivity index (χ1) is 8.62. The fourth-order valence-corrected chi connectivity index (χ4v) is 1.50. The summed E-state index contributed by atoms with van der Waals surface area (Å²) in [6.45, 7) is 7.52. The summed E-state index contributed by atoms with van der Waals surface area (Å²) in [6, 6.07) is 3.51. The van der Waals surface area contributed by atoms with E-state index in [9.17, 15) is 4.79 Å². The highest BCUT2D eigenvalue weighted by molar-refractivity contribution is 5.89. The SMILES string of the molecule is C#C[C@H](C)OC(=O)c1ccc(N(CC)CC)nc1. The molecule has 0 saturated heterocycles. The summed E-state index contributed by atoms with van der Waals surface area (Å²) in [5.41, 5.74) is 0.410. The number of aromatic nitrogens is 1. The van der Waals surface area contributed by atoms with Crippen molar-refractivity contribution in [3.8, 4) is 12.3 Å². The van der Waals surface area contributed by atoms with Gasteiger partial charge in [-0.25, -0.2) is 9.78 Å². The zero-order valence-electron chi connectivity index (χ0n) is 11.0. The van der Waals surface area contributed by atoms with E-state index < -0.39 is 12.1 Å². The molecule has 0 unspecified atom stereocenters. The molecule has 4 heteroatoms. The van der Waals surface area contributed by atoms with Gasteiger partial charge in [-0.3, -0.25) is 0 Å². The minimum Gasteiger partial charge on any atom is -0.446 e. The molecule has 0 amide bonds. The lowest BCUT2D eigenvalue weighted by atomic mass is 10.2. The van der Waals surface area contributed by atoms with Crippen LogP contribution in [0.3, 0.4) is 0 Å². The van der Waals surface area contributed by atoms with Crippen LogP contribution in [-0.4, -0.2) is 30.1 Å². The summed E-state index contributed by atoms with van der Waals surface area (Å²) in [5.74, 6) is 2.75. The number of anilines is 1. The Balaban J connectivity index is 2.77. The van der Waals surface area contributed by atoms with Gasteiger partial charge in [-0.2, -0.15) is 0 Å². The molecule has 1 aromatic rings. The molecular weight excluding hydrogens is 228 g/mol. The maximum atomic E-state index is 11.7. The van der Waals surface area contributed by atoms with Crippen LogP contribution in [0.25, 0.3) is 0 Å². The second-order valence-corrected chi connectivity index (χ2v) is 3.79. The number of hydrogen-bond acceptors (Lipinski definition) is 4. The smallest absolute Gasteiger partial charge is 0.340 e. The minimum atomic E-state index is -0.528. The van der Waals surface area contributed by atoms with Gasteiger partial charge < -0.3 is 9.64 Å². The Kier molecular flexibility index (Phi) is 5.19. The molecule has 0 fully saturated rings. The Bertz CT molecular complexity index is 430. The molecule has 0 saturated carbocycles. The van der Waals surface area contributed by atoms with Crippen molar-refractivity contribution in [2.75, 3.05) is 18.0 Å². The van der Waals surface area contributed by atoms with E-state index in [0.717, 1.165) is 18.9 Å². The monoisotopic (exact) mass is 246 g/mol. The molecule has 1 rings (SSSR count). The first-order valence-electron chi connectivity index (χ1n) is 6.00. The maximum Gasteiger partial charge on any atom is 0.340 e. The Morgan fingerprint density at radius 1 is 1.50 bits per heavy atom. The number of carbonyl (C=O) groups excluding carboxylic acids is 1. The average molecular weight is 246 g/mol. The second kappa shape index (κ2) is 6.65. The maximum absolute atomic E-state index is 11.7. The lowest BCUT2D eigenvalue weighted by Crippen LogP contribution is -2.23. The second-order valence-electron chi connectivity index (χ2n) is 3.79. The van der Waals surface area contributed by atoms with Crippen molar-refractivity contribution in [3.05, 3.63) is 23.9 Å². The summed E-state index contributed by atoms with van der Waals surface area (Å²) >= 11 is 0. The van der Waals surface area contributed by atoms with Crippen molar-refractivity contribution in [2.24, 2.45) is 0 Å². The summed E-state index contributed by atoms with van der Waals surface area (Å²) in [6.07, 6.45) is 6.13. The van der Waals surface area contributed by atoms with Crippen LogP contribution in [0.1, 0.15) is 31.1 Å². The lowest BCUT2D eigenvalue weighted by Gasteiger charge is -2.19. The molecule has 1 atom stereocenters. The van der Waals surface area contributed by atoms with Gasteiger partial charge in [-0.1, -0.05) is 5.92 Å². The molecule has 0 bridgehead atoms. The molecule has 4 nitrogen and oxygen atoms in total. The fourth-order valence-electron chi connectivity index (χ4n) is 1.50. The minimum absolute atomic E-state index is 0.410. The molecule has 0 aliphatic heterocycles. The predicted octanol–water partition coefficient (Wildman–Crippen LogP) is 2.11. The zero-order chi connectivity index (χ0) is 13.5. The molecule has 0 spiro atoms. The molecule has 0 N–H and O–H groups in total. The summed E-state index contributed by atoms with van der Waals surface area (Å²) in [5, 5.41) is 0. The van der Waals surface area contributed by atoms with Gasteiger partial charge in [0.15, 0.2) is 6.10 Å². The Morgan fingerprint density at radius 2 is 2.17 bits per heavy atom. The van der Waals surface area contributed by atoms with Crippen LogP contribution >= 0.6 is 0 Å². The van der Waals surface area contributed by atoms with Gasteiger partial charge in [0.25, 0.3) is 0 Å². The van der Waals surface area contributed by atoms with E-state index in [1.807, 2.05) is 6.07 Å². The van der Waals surface area contributed by atoms with E-state index in [1.54, 1.807) is 13.0 Å². The normalized spacial score (nSPS) is 11.4. The van der Waals surface area contributed by atoms with E-state index in [0.29, 0.717) is 5.56 Å².